The van der Waals surface area contributed by atoms with Crippen LogP contribution >= 0.6 is 11.3 Å². The summed E-state index contributed by atoms with van der Waals surface area (Å²) < 4.78 is 0. The van der Waals surface area contributed by atoms with Gasteiger partial charge in [0.25, 0.3) is 0 Å². The maximum absolute atomic E-state index is 12.3. The lowest BCUT2D eigenvalue weighted by atomic mass is 9.92. The quantitative estimate of drug-likeness (QED) is 0.829. The van der Waals surface area contributed by atoms with Gasteiger partial charge in [-0.25, -0.2) is 9.78 Å². The minimum atomic E-state index is 0.0603. The molecule has 0 saturated carbocycles. The van der Waals surface area contributed by atoms with Gasteiger partial charge in [-0.2, -0.15) is 0 Å². The average molecular weight is 385 g/mol. The molecule has 2 aliphatic rings. The summed E-state index contributed by atoms with van der Waals surface area (Å²) in [5, 5.41) is 6.30. The van der Waals surface area contributed by atoms with Gasteiger partial charge in [-0.1, -0.05) is 29.8 Å². The van der Waals surface area contributed by atoms with Crippen molar-refractivity contribution in [2.45, 2.75) is 32.6 Å². The van der Waals surface area contributed by atoms with E-state index >= 15 is 0 Å². The SMILES string of the molecule is Cc1ccc(CC2CN(C(=O)NCCc3csc(N4CCCC4)n3)C2)cc1. The first-order valence-corrected chi connectivity index (χ1v) is 10.8. The lowest BCUT2D eigenvalue weighted by Gasteiger charge is -2.39. The number of carbonyl (C=O) groups is 1. The smallest absolute Gasteiger partial charge is 0.317 e. The van der Waals surface area contributed by atoms with Crippen LogP contribution < -0.4 is 10.2 Å². The van der Waals surface area contributed by atoms with Gasteiger partial charge in [0.1, 0.15) is 0 Å². The first-order valence-electron chi connectivity index (χ1n) is 9.95. The molecule has 144 valence electrons. The molecule has 1 aromatic heterocycles. The Morgan fingerprint density at radius 2 is 1.96 bits per heavy atom. The van der Waals surface area contributed by atoms with Gasteiger partial charge < -0.3 is 15.1 Å². The third-order valence-corrected chi connectivity index (χ3v) is 6.41. The van der Waals surface area contributed by atoms with Crippen LogP contribution in [0.5, 0.6) is 0 Å². The van der Waals surface area contributed by atoms with Crippen LogP contribution in [-0.4, -0.2) is 48.6 Å². The van der Waals surface area contributed by atoms with Gasteiger partial charge in [0.2, 0.25) is 0 Å². The average Bonchev–Trinajstić information content (AvgIpc) is 3.30. The molecule has 0 unspecified atom stereocenters. The Morgan fingerprint density at radius 3 is 2.70 bits per heavy atom. The number of urea groups is 1. The Hall–Kier alpha value is -2.08. The van der Waals surface area contributed by atoms with Crippen molar-refractivity contribution in [3.8, 4) is 0 Å². The highest BCUT2D eigenvalue weighted by atomic mass is 32.1. The van der Waals surface area contributed by atoms with Crippen molar-refractivity contribution in [1.29, 1.82) is 0 Å². The molecule has 2 saturated heterocycles. The third-order valence-electron chi connectivity index (χ3n) is 5.46. The number of thiazole rings is 1. The lowest BCUT2D eigenvalue weighted by Crippen LogP contribution is -2.54. The monoisotopic (exact) mass is 384 g/mol. The first kappa shape index (κ1) is 18.3. The van der Waals surface area contributed by atoms with Gasteiger partial charge in [-0.05, 0) is 37.7 Å². The zero-order valence-corrected chi connectivity index (χ0v) is 16.8. The molecule has 2 amide bonds. The standard InChI is InChI=1S/C21H28N4OS/c1-16-4-6-17(7-5-16)12-18-13-25(14-18)20(26)22-9-8-19-15-27-21(23-19)24-10-2-3-11-24/h4-7,15,18H,2-3,8-14H2,1H3,(H,22,26). The van der Waals surface area contributed by atoms with E-state index in [1.54, 1.807) is 11.3 Å². The minimum Gasteiger partial charge on any atom is -0.348 e. The highest BCUT2D eigenvalue weighted by molar-refractivity contribution is 7.13. The normalized spacial score (nSPS) is 17.2. The molecule has 0 spiro atoms. The van der Waals surface area contributed by atoms with Crippen LogP contribution in [-0.2, 0) is 12.8 Å². The molecular formula is C21H28N4OS. The van der Waals surface area contributed by atoms with Gasteiger partial charge >= 0.3 is 6.03 Å². The number of benzene rings is 1. The Labute approximate surface area is 165 Å². The van der Waals surface area contributed by atoms with E-state index in [1.807, 2.05) is 4.90 Å². The number of likely N-dealkylation sites (tertiary alicyclic amines) is 1. The third kappa shape index (κ3) is 4.61. The number of hydrogen-bond donors (Lipinski definition) is 1. The van der Waals surface area contributed by atoms with Gasteiger partial charge in [0.05, 0.1) is 5.69 Å². The van der Waals surface area contributed by atoms with E-state index in [0.717, 1.165) is 49.8 Å². The summed E-state index contributed by atoms with van der Waals surface area (Å²) in [6, 6.07) is 8.77. The molecule has 0 bridgehead atoms. The Morgan fingerprint density at radius 1 is 1.22 bits per heavy atom. The van der Waals surface area contributed by atoms with Crippen LogP contribution in [0.3, 0.4) is 0 Å². The van der Waals surface area contributed by atoms with Gasteiger partial charge in [0, 0.05) is 44.5 Å². The number of nitrogens with zero attached hydrogens (tertiary/aromatic N) is 3. The van der Waals surface area contributed by atoms with E-state index in [0.29, 0.717) is 12.5 Å². The Balaban J connectivity index is 1.15. The summed E-state index contributed by atoms with van der Waals surface area (Å²) in [6.45, 7) is 6.73. The second kappa shape index (κ2) is 8.30. The van der Waals surface area contributed by atoms with Crippen molar-refractivity contribution in [2.24, 2.45) is 5.92 Å². The molecule has 3 heterocycles. The van der Waals surface area contributed by atoms with E-state index in [2.05, 4.69) is 46.8 Å². The maximum atomic E-state index is 12.3. The number of aromatic nitrogens is 1. The van der Waals surface area contributed by atoms with Crippen molar-refractivity contribution in [3.05, 3.63) is 46.5 Å². The van der Waals surface area contributed by atoms with Crippen molar-refractivity contribution < 1.29 is 4.79 Å². The molecule has 1 N–H and O–H groups in total. The second-order valence-electron chi connectivity index (χ2n) is 7.76. The molecule has 27 heavy (non-hydrogen) atoms. The summed E-state index contributed by atoms with van der Waals surface area (Å²) >= 11 is 1.72. The molecule has 0 aliphatic carbocycles. The highest BCUT2D eigenvalue weighted by Gasteiger charge is 2.30. The van der Waals surface area contributed by atoms with Crippen molar-refractivity contribution in [1.82, 2.24) is 15.2 Å². The zero-order valence-electron chi connectivity index (χ0n) is 16.0. The molecule has 2 aliphatic heterocycles. The predicted octanol–water partition coefficient (Wildman–Crippen LogP) is 3.48. The van der Waals surface area contributed by atoms with E-state index in [-0.39, 0.29) is 6.03 Å². The van der Waals surface area contributed by atoms with Crippen molar-refractivity contribution >= 4 is 22.5 Å². The van der Waals surface area contributed by atoms with E-state index in [1.165, 1.54) is 24.0 Å². The largest absolute Gasteiger partial charge is 0.348 e. The summed E-state index contributed by atoms with van der Waals surface area (Å²) in [4.78, 5) is 21.2. The van der Waals surface area contributed by atoms with E-state index in [9.17, 15) is 4.79 Å². The minimum absolute atomic E-state index is 0.0603. The van der Waals surface area contributed by atoms with Crippen LogP contribution in [0, 0.1) is 12.8 Å². The number of rotatable bonds is 6. The molecule has 0 atom stereocenters. The van der Waals surface area contributed by atoms with Crippen molar-refractivity contribution in [3.63, 3.8) is 0 Å². The van der Waals surface area contributed by atoms with E-state index in [4.69, 9.17) is 4.98 Å². The van der Waals surface area contributed by atoms with E-state index < -0.39 is 0 Å². The van der Waals surface area contributed by atoms with Gasteiger partial charge in [-0.15, -0.1) is 11.3 Å². The van der Waals surface area contributed by atoms with Crippen LogP contribution in [0.2, 0.25) is 0 Å². The number of carbonyl (C=O) groups excluding carboxylic acids is 1. The van der Waals surface area contributed by atoms with Crippen LogP contribution in [0.15, 0.2) is 29.6 Å². The first-order chi connectivity index (χ1) is 13.2. The molecule has 0 radical (unpaired) electrons. The molecule has 6 heteroatoms. The van der Waals surface area contributed by atoms with Crippen LogP contribution in [0.25, 0.3) is 0 Å². The van der Waals surface area contributed by atoms with Crippen LogP contribution in [0.1, 0.15) is 29.7 Å². The molecular weight excluding hydrogens is 356 g/mol. The highest BCUT2D eigenvalue weighted by Crippen LogP contribution is 2.24. The zero-order chi connectivity index (χ0) is 18.6. The summed E-state index contributed by atoms with van der Waals surface area (Å²) in [6.07, 6.45) is 4.40. The topological polar surface area (TPSA) is 48.5 Å². The number of hydrogen-bond acceptors (Lipinski definition) is 4. The number of amides is 2. The Kier molecular flexibility index (Phi) is 5.62. The van der Waals surface area contributed by atoms with Gasteiger partial charge in [0.15, 0.2) is 5.13 Å². The second-order valence-corrected chi connectivity index (χ2v) is 8.59. The fourth-order valence-electron chi connectivity index (χ4n) is 3.80. The van der Waals surface area contributed by atoms with Crippen molar-refractivity contribution in [2.75, 3.05) is 37.6 Å². The predicted molar refractivity (Wildman–Crippen MR) is 111 cm³/mol. The molecule has 2 fully saturated rings. The van der Waals surface area contributed by atoms with Crippen LogP contribution in [0.4, 0.5) is 9.93 Å². The summed E-state index contributed by atoms with van der Waals surface area (Å²) in [5.74, 6) is 0.583. The molecule has 1 aromatic carbocycles. The Bertz CT molecular complexity index is 761. The molecule has 2 aromatic rings. The fraction of sp³-hybridized carbons (Fsp3) is 0.524. The number of anilines is 1. The summed E-state index contributed by atoms with van der Waals surface area (Å²) in [7, 11) is 0. The molecule has 5 nitrogen and oxygen atoms in total. The number of nitrogens with one attached hydrogen (secondary N) is 1. The van der Waals surface area contributed by atoms with Gasteiger partial charge in [-0.3, -0.25) is 0 Å². The lowest BCUT2D eigenvalue weighted by molar-refractivity contribution is 0.121. The number of aryl methyl sites for hydroxylation is 1. The summed E-state index contributed by atoms with van der Waals surface area (Å²) in [5.41, 5.74) is 3.74. The molecule has 4 rings (SSSR count). The maximum Gasteiger partial charge on any atom is 0.317 e. The fourth-order valence-corrected chi connectivity index (χ4v) is 4.71.